The fourth-order valence-electron chi connectivity index (χ4n) is 2.30. The molecule has 0 aromatic rings. The summed E-state index contributed by atoms with van der Waals surface area (Å²) in [6.07, 6.45) is 8.67. The van der Waals surface area contributed by atoms with E-state index >= 15 is 0 Å². The SMILES string of the molecule is C=CC=CCCC1C(Br)C(=O)CC1(C)C. The smallest absolute Gasteiger partial charge is 0.147 e. The Balaban J connectivity index is 2.55. The number of ketones is 1. The van der Waals surface area contributed by atoms with Crippen LogP contribution in [0.4, 0.5) is 0 Å². The minimum absolute atomic E-state index is 0.0598. The van der Waals surface area contributed by atoms with Gasteiger partial charge in [-0.05, 0) is 24.2 Å². The summed E-state index contributed by atoms with van der Waals surface area (Å²) in [5, 5.41) is 0. The summed E-state index contributed by atoms with van der Waals surface area (Å²) in [6.45, 7) is 8.01. The molecular weight excluding hydrogens is 252 g/mol. The van der Waals surface area contributed by atoms with Crippen LogP contribution in [0.5, 0.6) is 0 Å². The van der Waals surface area contributed by atoms with Crippen molar-refractivity contribution in [1.29, 1.82) is 0 Å². The predicted octanol–water partition coefficient (Wildman–Crippen LogP) is 3.89. The maximum Gasteiger partial charge on any atom is 0.147 e. The molecule has 1 fully saturated rings. The lowest BCUT2D eigenvalue weighted by Crippen LogP contribution is -2.22. The molecule has 1 saturated carbocycles. The number of hydrogen-bond acceptors (Lipinski definition) is 1. The third kappa shape index (κ3) is 3.04. The van der Waals surface area contributed by atoms with Crippen molar-refractivity contribution >= 4 is 21.7 Å². The maximum atomic E-state index is 11.6. The van der Waals surface area contributed by atoms with Crippen molar-refractivity contribution in [2.24, 2.45) is 11.3 Å². The second-order valence-corrected chi connectivity index (χ2v) is 5.87. The summed E-state index contributed by atoms with van der Waals surface area (Å²) < 4.78 is 0. The first-order valence-corrected chi connectivity index (χ1v) is 6.35. The molecule has 1 nitrogen and oxygen atoms in total. The number of Topliss-reactive ketones (excluding diaryl/α,β-unsaturated/α-hetero) is 1. The van der Waals surface area contributed by atoms with Crippen LogP contribution in [-0.4, -0.2) is 10.6 Å². The average Bonchev–Trinajstić information content (AvgIpc) is 2.33. The minimum Gasteiger partial charge on any atom is -0.298 e. The highest BCUT2D eigenvalue weighted by molar-refractivity contribution is 9.10. The fourth-order valence-corrected chi connectivity index (χ4v) is 3.45. The first kappa shape index (κ1) is 12.7. The molecule has 1 rings (SSSR count). The second kappa shape index (κ2) is 5.11. The fraction of sp³-hybridized carbons (Fsp3) is 0.615. The zero-order chi connectivity index (χ0) is 11.5. The van der Waals surface area contributed by atoms with Gasteiger partial charge in [0.15, 0.2) is 0 Å². The quantitative estimate of drug-likeness (QED) is 0.560. The molecule has 0 heterocycles. The number of halogens is 1. The van der Waals surface area contributed by atoms with Crippen LogP contribution < -0.4 is 0 Å². The molecule has 2 atom stereocenters. The van der Waals surface area contributed by atoms with E-state index in [1.807, 2.05) is 6.08 Å². The molecule has 0 amide bonds. The summed E-state index contributed by atoms with van der Waals surface area (Å²) in [4.78, 5) is 11.7. The van der Waals surface area contributed by atoms with E-state index < -0.39 is 0 Å². The van der Waals surface area contributed by atoms with Gasteiger partial charge in [-0.3, -0.25) is 4.79 Å². The van der Waals surface area contributed by atoms with E-state index in [1.165, 1.54) is 0 Å². The molecule has 0 saturated heterocycles. The number of carbonyl (C=O) groups excluding carboxylic acids is 1. The van der Waals surface area contributed by atoms with Crippen LogP contribution in [0.2, 0.25) is 0 Å². The van der Waals surface area contributed by atoms with Gasteiger partial charge in [-0.2, -0.15) is 0 Å². The molecule has 84 valence electrons. The summed E-state index contributed by atoms with van der Waals surface area (Å²) in [6, 6.07) is 0. The van der Waals surface area contributed by atoms with E-state index in [0.29, 0.717) is 18.1 Å². The topological polar surface area (TPSA) is 17.1 Å². The van der Waals surface area contributed by atoms with Crippen molar-refractivity contribution in [2.75, 3.05) is 0 Å². The molecule has 15 heavy (non-hydrogen) atoms. The van der Waals surface area contributed by atoms with E-state index in [9.17, 15) is 4.79 Å². The number of rotatable bonds is 4. The Morgan fingerprint density at radius 2 is 2.27 bits per heavy atom. The Bertz CT molecular complexity index is 278. The molecule has 0 N–H and O–H groups in total. The molecule has 1 aliphatic rings. The zero-order valence-corrected chi connectivity index (χ0v) is 11.1. The number of alkyl halides is 1. The Morgan fingerprint density at radius 1 is 1.60 bits per heavy atom. The average molecular weight is 271 g/mol. The Kier molecular flexibility index (Phi) is 4.32. The molecule has 0 bridgehead atoms. The van der Waals surface area contributed by atoms with Gasteiger partial charge in [0.1, 0.15) is 5.78 Å². The van der Waals surface area contributed by atoms with Gasteiger partial charge in [0.2, 0.25) is 0 Å². The molecule has 0 spiro atoms. The summed E-state index contributed by atoms with van der Waals surface area (Å²) in [5.41, 5.74) is 0.146. The van der Waals surface area contributed by atoms with Crippen molar-refractivity contribution in [1.82, 2.24) is 0 Å². The van der Waals surface area contributed by atoms with Crippen LogP contribution in [0.1, 0.15) is 33.1 Å². The van der Waals surface area contributed by atoms with E-state index in [0.717, 1.165) is 12.8 Å². The number of hydrogen-bond donors (Lipinski definition) is 0. The second-order valence-electron chi connectivity index (χ2n) is 4.88. The molecule has 1 aliphatic carbocycles. The normalized spacial score (nSPS) is 29.9. The van der Waals surface area contributed by atoms with Crippen molar-refractivity contribution in [3.63, 3.8) is 0 Å². The lowest BCUT2D eigenvalue weighted by Gasteiger charge is -2.27. The van der Waals surface area contributed by atoms with E-state index in [-0.39, 0.29) is 10.2 Å². The largest absolute Gasteiger partial charge is 0.298 e. The van der Waals surface area contributed by atoms with Gasteiger partial charge in [-0.1, -0.05) is 54.6 Å². The van der Waals surface area contributed by atoms with Crippen LogP contribution in [0.25, 0.3) is 0 Å². The summed E-state index contributed by atoms with van der Waals surface area (Å²) in [7, 11) is 0. The van der Waals surface area contributed by atoms with Crippen LogP contribution in [-0.2, 0) is 4.79 Å². The lowest BCUT2D eigenvalue weighted by atomic mass is 9.79. The van der Waals surface area contributed by atoms with E-state index in [2.05, 4.69) is 42.4 Å². The molecule has 0 aromatic carbocycles. The molecule has 0 aromatic heterocycles. The van der Waals surface area contributed by atoms with Crippen molar-refractivity contribution in [3.05, 3.63) is 24.8 Å². The monoisotopic (exact) mass is 270 g/mol. The van der Waals surface area contributed by atoms with Crippen molar-refractivity contribution in [2.45, 2.75) is 37.9 Å². The molecule has 2 unspecified atom stereocenters. The van der Waals surface area contributed by atoms with Crippen molar-refractivity contribution < 1.29 is 4.79 Å². The van der Waals surface area contributed by atoms with Crippen LogP contribution in [0.15, 0.2) is 24.8 Å². The van der Waals surface area contributed by atoms with Gasteiger partial charge in [-0.15, -0.1) is 0 Å². The highest BCUT2D eigenvalue weighted by atomic mass is 79.9. The van der Waals surface area contributed by atoms with Gasteiger partial charge in [-0.25, -0.2) is 0 Å². The van der Waals surface area contributed by atoms with Gasteiger partial charge in [0.05, 0.1) is 4.83 Å². The van der Waals surface area contributed by atoms with Gasteiger partial charge in [0.25, 0.3) is 0 Å². The van der Waals surface area contributed by atoms with Gasteiger partial charge < -0.3 is 0 Å². The Hall–Kier alpha value is -0.370. The number of carbonyl (C=O) groups is 1. The third-order valence-corrected chi connectivity index (χ3v) is 4.36. The highest BCUT2D eigenvalue weighted by Gasteiger charge is 2.45. The van der Waals surface area contributed by atoms with Crippen LogP contribution >= 0.6 is 15.9 Å². The van der Waals surface area contributed by atoms with Crippen LogP contribution in [0.3, 0.4) is 0 Å². The van der Waals surface area contributed by atoms with Crippen molar-refractivity contribution in [3.8, 4) is 0 Å². The Labute approximate surface area is 101 Å². The standard InChI is InChI=1S/C13H19BrO/c1-4-5-6-7-8-10-12(14)11(15)9-13(10,2)3/h4-6,10,12H,1,7-9H2,2-3H3. The first-order chi connectivity index (χ1) is 6.99. The zero-order valence-electron chi connectivity index (χ0n) is 9.50. The predicted molar refractivity (Wildman–Crippen MR) is 68.2 cm³/mol. The third-order valence-electron chi connectivity index (χ3n) is 3.21. The summed E-state index contributed by atoms with van der Waals surface area (Å²) in [5.74, 6) is 0.817. The minimum atomic E-state index is 0.0598. The first-order valence-electron chi connectivity index (χ1n) is 5.43. The van der Waals surface area contributed by atoms with Gasteiger partial charge in [0, 0.05) is 6.42 Å². The molecule has 2 heteroatoms. The maximum absolute atomic E-state index is 11.6. The van der Waals surface area contributed by atoms with Crippen LogP contribution in [0, 0.1) is 11.3 Å². The Morgan fingerprint density at radius 3 is 2.73 bits per heavy atom. The molecule has 0 aliphatic heterocycles. The molecular formula is C13H19BrO. The lowest BCUT2D eigenvalue weighted by molar-refractivity contribution is -0.117. The van der Waals surface area contributed by atoms with E-state index in [4.69, 9.17) is 0 Å². The summed E-state index contributed by atoms with van der Waals surface area (Å²) >= 11 is 3.52. The van der Waals surface area contributed by atoms with Gasteiger partial charge >= 0.3 is 0 Å². The highest BCUT2D eigenvalue weighted by Crippen LogP contribution is 2.46. The molecule has 0 radical (unpaired) electrons. The van der Waals surface area contributed by atoms with E-state index in [1.54, 1.807) is 6.08 Å². The number of allylic oxidation sites excluding steroid dienone is 3.